The van der Waals surface area contributed by atoms with Crippen LogP contribution >= 0.6 is 15.9 Å². The summed E-state index contributed by atoms with van der Waals surface area (Å²) in [6.07, 6.45) is -0.324. The van der Waals surface area contributed by atoms with Crippen LogP contribution in [0.2, 0.25) is 0 Å². The van der Waals surface area contributed by atoms with Gasteiger partial charge in [-0.05, 0) is 36.8 Å². The summed E-state index contributed by atoms with van der Waals surface area (Å²) >= 11 is 3.25. The molecule has 0 unspecified atom stereocenters. The van der Waals surface area contributed by atoms with Crippen molar-refractivity contribution >= 4 is 37.7 Å². The predicted octanol–water partition coefficient (Wildman–Crippen LogP) is 4.32. The molecule has 2 aromatic carbocycles. The molecule has 0 saturated carbocycles. The number of carbonyl (C=O) groups excluding carboxylic acids is 1. The molecule has 0 aliphatic carbocycles. The third kappa shape index (κ3) is 5.34. The van der Waals surface area contributed by atoms with Crippen molar-refractivity contribution in [1.82, 2.24) is 0 Å². The second kappa shape index (κ2) is 9.92. The Labute approximate surface area is 172 Å². The molecule has 0 bridgehead atoms. The number of benzene rings is 2. The van der Waals surface area contributed by atoms with E-state index in [2.05, 4.69) is 15.9 Å². The number of rotatable bonds is 7. The topological polar surface area (TPSA) is 96.7 Å². The van der Waals surface area contributed by atoms with Crippen LogP contribution in [0.25, 0.3) is 0 Å². The number of ether oxygens (including phenoxy) is 2. The van der Waals surface area contributed by atoms with Gasteiger partial charge in [0.25, 0.3) is 10.0 Å². The lowest BCUT2D eigenvalue weighted by Gasteiger charge is -2.21. The number of allylic oxidation sites excluding steroid dienone is 1. The van der Waals surface area contributed by atoms with Crippen LogP contribution in [-0.4, -0.2) is 21.1 Å². The van der Waals surface area contributed by atoms with Gasteiger partial charge in [0.1, 0.15) is 18.9 Å². The summed E-state index contributed by atoms with van der Waals surface area (Å²) in [5.74, 6) is 0. The number of sulfonamides is 1. The van der Waals surface area contributed by atoms with Gasteiger partial charge in [0, 0.05) is 4.47 Å². The summed E-state index contributed by atoms with van der Waals surface area (Å²) in [4.78, 5) is 12.0. The molecule has 0 aliphatic heterocycles. The molecule has 7 nitrogen and oxygen atoms in total. The van der Waals surface area contributed by atoms with Gasteiger partial charge in [-0.1, -0.05) is 46.3 Å². The smallest absolute Gasteiger partial charge is 0.429 e. The second-order valence-electron chi connectivity index (χ2n) is 5.34. The van der Waals surface area contributed by atoms with E-state index in [9.17, 15) is 18.5 Å². The van der Waals surface area contributed by atoms with E-state index in [1.165, 1.54) is 12.1 Å². The van der Waals surface area contributed by atoms with E-state index in [0.29, 0.717) is 14.3 Å². The molecule has 9 heteroatoms. The van der Waals surface area contributed by atoms with E-state index in [4.69, 9.17) is 9.47 Å². The fourth-order valence-electron chi connectivity index (χ4n) is 2.10. The van der Waals surface area contributed by atoms with E-state index in [1.54, 1.807) is 49.4 Å². The number of anilines is 1. The van der Waals surface area contributed by atoms with Gasteiger partial charge in [-0.25, -0.2) is 4.79 Å². The Morgan fingerprint density at radius 3 is 2.39 bits per heavy atom. The van der Waals surface area contributed by atoms with Gasteiger partial charge < -0.3 is 9.47 Å². The van der Waals surface area contributed by atoms with Gasteiger partial charge in [-0.15, -0.1) is 0 Å². The van der Waals surface area contributed by atoms with Crippen molar-refractivity contribution in [3.63, 3.8) is 0 Å². The van der Waals surface area contributed by atoms with E-state index < -0.39 is 21.0 Å². The molecule has 1 amide bonds. The van der Waals surface area contributed by atoms with Crippen molar-refractivity contribution in [1.29, 1.82) is 5.26 Å². The first-order valence-electron chi connectivity index (χ1n) is 8.13. The van der Waals surface area contributed by atoms with Crippen LogP contribution < -0.4 is 4.31 Å². The highest BCUT2D eigenvalue weighted by Gasteiger charge is 2.35. The van der Waals surface area contributed by atoms with Crippen molar-refractivity contribution in [2.45, 2.75) is 13.5 Å². The maximum Gasteiger partial charge on any atom is 0.429 e. The molecule has 0 radical (unpaired) electrons. The van der Waals surface area contributed by atoms with Crippen molar-refractivity contribution < 1.29 is 22.7 Å². The lowest BCUT2D eigenvalue weighted by Crippen LogP contribution is -2.38. The summed E-state index contributed by atoms with van der Waals surface area (Å²) in [6, 6.07) is 16.4. The molecule has 0 fully saturated rings. The normalized spacial score (nSPS) is 11.4. The molecule has 146 valence electrons. The van der Waals surface area contributed by atoms with Crippen LogP contribution in [0.1, 0.15) is 12.5 Å². The minimum atomic E-state index is -4.54. The summed E-state index contributed by atoms with van der Waals surface area (Å²) in [5.41, 5.74) is 0.716. The zero-order valence-electron chi connectivity index (χ0n) is 14.9. The highest BCUT2D eigenvalue weighted by molar-refractivity contribution is 9.10. The standard InChI is InChI=1S/C19H17BrN2O5S/c1-2-26-14-18(12-21)28(24,25)22(17-10-8-16(20)9-11-17)19(23)27-13-15-6-4-3-5-7-15/h3-11,14H,2,13H2,1H3/b18-14+. The molecular weight excluding hydrogens is 448 g/mol. The van der Waals surface area contributed by atoms with Crippen LogP contribution in [0.3, 0.4) is 0 Å². The van der Waals surface area contributed by atoms with Gasteiger partial charge >= 0.3 is 6.09 Å². The lowest BCUT2D eigenvalue weighted by molar-refractivity contribution is 0.151. The maximum atomic E-state index is 12.9. The summed E-state index contributed by atoms with van der Waals surface area (Å²) in [7, 11) is -4.54. The zero-order valence-corrected chi connectivity index (χ0v) is 17.3. The molecule has 2 aromatic rings. The van der Waals surface area contributed by atoms with E-state index in [1.807, 2.05) is 6.07 Å². The van der Waals surface area contributed by atoms with Crippen molar-refractivity contribution in [3.8, 4) is 6.07 Å². The fraction of sp³-hybridized carbons (Fsp3) is 0.158. The number of hydrogen-bond acceptors (Lipinski definition) is 6. The lowest BCUT2D eigenvalue weighted by atomic mass is 10.2. The van der Waals surface area contributed by atoms with Gasteiger partial charge in [-0.2, -0.15) is 18.0 Å². The molecule has 0 heterocycles. The predicted molar refractivity (Wildman–Crippen MR) is 107 cm³/mol. The molecule has 2 rings (SSSR count). The minimum absolute atomic E-state index is 0.0268. The van der Waals surface area contributed by atoms with Gasteiger partial charge in [-0.3, -0.25) is 0 Å². The number of amides is 1. The molecule has 0 atom stereocenters. The third-order valence-corrected chi connectivity index (χ3v) is 5.53. The largest absolute Gasteiger partial charge is 0.499 e. The number of nitrogens with zero attached hydrogens (tertiary/aromatic N) is 2. The Kier molecular flexibility index (Phi) is 7.61. The highest BCUT2D eigenvalue weighted by atomic mass is 79.9. The second-order valence-corrected chi connectivity index (χ2v) is 8.01. The summed E-state index contributed by atoms with van der Waals surface area (Å²) in [5, 5.41) is 9.25. The Morgan fingerprint density at radius 2 is 1.82 bits per heavy atom. The first-order chi connectivity index (χ1) is 13.4. The molecular formula is C19H17BrN2O5S. The van der Waals surface area contributed by atoms with E-state index in [-0.39, 0.29) is 18.9 Å². The van der Waals surface area contributed by atoms with Crippen LogP contribution in [0.4, 0.5) is 10.5 Å². The average Bonchev–Trinajstić information content (AvgIpc) is 2.69. The fourth-order valence-corrected chi connectivity index (χ4v) is 3.51. The van der Waals surface area contributed by atoms with Crippen LogP contribution in [0.15, 0.2) is 70.2 Å². The SMILES string of the molecule is CCO/C=C(\C#N)S(=O)(=O)N(C(=O)OCc1ccccc1)c1ccc(Br)cc1. The Bertz CT molecular complexity index is 983. The number of nitriles is 1. The highest BCUT2D eigenvalue weighted by Crippen LogP contribution is 2.26. The van der Waals surface area contributed by atoms with Crippen molar-refractivity contribution in [2.75, 3.05) is 10.9 Å². The number of halogens is 1. The van der Waals surface area contributed by atoms with E-state index >= 15 is 0 Å². The molecule has 0 aliphatic rings. The molecule has 0 saturated heterocycles. The van der Waals surface area contributed by atoms with Gasteiger partial charge in [0.05, 0.1) is 12.3 Å². The van der Waals surface area contributed by atoms with E-state index in [0.717, 1.165) is 6.26 Å². The van der Waals surface area contributed by atoms with Crippen molar-refractivity contribution in [2.24, 2.45) is 0 Å². The Morgan fingerprint density at radius 1 is 1.18 bits per heavy atom. The minimum Gasteiger partial charge on any atom is -0.499 e. The van der Waals surface area contributed by atoms with Gasteiger partial charge in [0.2, 0.25) is 0 Å². The molecule has 28 heavy (non-hydrogen) atoms. The Balaban J connectivity index is 2.40. The maximum absolute atomic E-state index is 12.9. The third-order valence-electron chi connectivity index (χ3n) is 3.42. The van der Waals surface area contributed by atoms with Crippen LogP contribution in [-0.2, 0) is 26.1 Å². The quantitative estimate of drug-likeness (QED) is 0.446. The molecule has 0 spiro atoms. The Hall–Kier alpha value is -2.83. The van der Waals surface area contributed by atoms with Crippen molar-refractivity contribution in [3.05, 3.63) is 75.8 Å². The monoisotopic (exact) mass is 464 g/mol. The molecule has 0 aromatic heterocycles. The number of hydrogen-bond donors (Lipinski definition) is 0. The number of carbonyl (C=O) groups is 1. The molecule has 0 N–H and O–H groups in total. The zero-order chi connectivity index (χ0) is 20.6. The van der Waals surface area contributed by atoms with Crippen LogP contribution in [0, 0.1) is 11.3 Å². The first kappa shape index (κ1) is 21.5. The first-order valence-corrected chi connectivity index (χ1v) is 10.4. The summed E-state index contributed by atoms with van der Waals surface area (Å²) < 4.78 is 37.1. The summed E-state index contributed by atoms with van der Waals surface area (Å²) in [6.45, 7) is 1.68. The van der Waals surface area contributed by atoms with Gasteiger partial charge in [0.15, 0.2) is 4.91 Å². The van der Waals surface area contributed by atoms with Crippen LogP contribution in [0.5, 0.6) is 0 Å². The average molecular weight is 465 g/mol.